The van der Waals surface area contributed by atoms with Gasteiger partial charge >= 0.3 is 5.97 Å². The molecule has 3 rings (SSSR count). The van der Waals surface area contributed by atoms with Gasteiger partial charge in [0, 0.05) is 12.1 Å². The quantitative estimate of drug-likeness (QED) is 0.739. The number of carbonyl (C=O) groups excluding carboxylic acids is 2. The summed E-state index contributed by atoms with van der Waals surface area (Å²) in [6, 6.07) is 13.2. The predicted octanol–water partition coefficient (Wildman–Crippen LogP) is 1.29. The number of fused-ring (bicyclic) bond motifs is 1. The lowest BCUT2D eigenvalue weighted by Crippen LogP contribution is -2.27. The van der Waals surface area contributed by atoms with Crippen molar-refractivity contribution in [3.63, 3.8) is 0 Å². The first-order chi connectivity index (χ1) is 12.3. The fourth-order valence-corrected chi connectivity index (χ4v) is 3.32. The molecule has 0 aromatic heterocycles. The summed E-state index contributed by atoms with van der Waals surface area (Å²) in [6.07, 6.45) is 0.0397. The molecule has 8 heteroatoms. The van der Waals surface area contributed by atoms with Gasteiger partial charge in [-0.3, -0.25) is 4.79 Å². The van der Waals surface area contributed by atoms with Crippen LogP contribution in [0.5, 0.6) is 0 Å². The van der Waals surface area contributed by atoms with Crippen molar-refractivity contribution in [2.75, 3.05) is 6.54 Å². The summed E-state index contributed by atoms with van der Waals surface area (Å²) in [5, 5.41) is 7.82. The summed E-state index contributed by atoms with van der Waals surface area (Å²) in [4.78, 5) is 23.9. The van der Waals surface area contributed by atoms with E-state index in [1.54, 1.807) is 36.4 Å². The van der Waals surface area contributed by atoms with Gasteiger partial charge in [-0.1, -0.05) is 30.3 Å². The number of amides is 1. The predicted molar refractivity (Wildman–Crippen MR) is 93.7 cm³/mol. The normalized spacial score (nSPS) is 16.0. The van der Waals surface area contributed by atoms with Crippen LogP contribution < -0.4 is 10.5 Å². The number of benzene rings is 2. The lowest BCUT2D eigenvalue weighted by Gasteiger charge is -2.11. The zero-order chi connectivity index (χ0) is 18.7. The minimum absolute atomic E-state index is 0.0481. The Balaban J connectivity index is 1.50. The lowest BCUT2D eigenvalue weighted by molar-refractivity contribution is -0.122. The molecule has 3 N–H and O–H groups in total. The molecular weight excluding hydrogens is 356 g/mol. The smallest absolute Gasteiger partial charge is 0.339 e. The molecule has 0 spiro atoms. The number of rotatable bonds is 6. The highest BCUT2D eigenvalue weighted by molar-refractivity contribution is 7.89. The highest BCUT2D eigenvalue weighted by atomic mass is 32.2. The molecule has 1 atom stereocenters. The number of esters is 1. The molecule has 0 bridgehead atoms. The van der Waals surface area contributed by atoms with Gasteiger partial charge < -0.3 is 10.1 Å². The van der Waals surface area contributed by atoms with Gasteiger partial charge in [0.2, 0.25) is 15.9 Å². The lowest BCUT2D eigenvalue weighted by atomic mass is 10.0. The van der Waals surface area contributed by atoms with Crippen LogP contribution in [0.4, 0.5) is 0 Å². The fourth-order valence-electron chi connectivity index (χ4n) is 2.80. The molecule has 0 saturated carbocycles. The number of carbonyl (C=O) groups is 2. The highest BCUT2D eigenvalue weighted by Gasteiger charge is 2.31. The third-order valence-electron chi connectivity index (χ3n) is 4.14. The van der Waals surface area contributed by atoms with E-state index < -0.39 is 22.1 Å². The molecule has 7 nitrogen and oxygen atoms in total. The van der Waals surface area contributed by atoms with Gasteiger partial charge in [0.1, 0.15) is 6.10 Å². The summed E-state index contributed by atoms with van der Waals surface area (Å²) < 4.78 is 27.7. The molecule has 0 aliphatic carbocycles. The fraction of sp³-hybridized carbons (Fsp3) is 0.222. The Morgan fingerprint density at radius 2 is 1.81 bits per heavy atom. The van der Waals surface area contributed by atoms with Gasteiger partial charge in [-0.2, -0.15) is 0 Å². The van der Waals surface area contributed by atoms with E-state index in [0.29, 0.717) is 18.5 Å². The van der Waals surface area contributed by atoms with Crippen molar-refractivity contribution in [1.82, 2.24) is 5.32 Å². The van der Waals surface area contributed by atoms with Crippen LogP contribution in [0.3, 0.4) is 0 Å². The van der Waals surface area contributed by atoms with E-state index in [4.69, 9.17) is 9.88 Å². The molecular formula is C18H18N2O5S. The Morgan fingerprint density at radius 3 is 2.50 bits per heavy atom. The Labute approximate surface area is 151 Å². The average molecular weight is 374 g/mol. The van der Waals surface area contributed by atoms with Crippen LogP contribution in [0.2, 0.25) is 0 Å². The molecule has 1 amide bonds. The van der Waals surface area contributed by atoms with Crippen molar-refractivity contribution in [2.24, 2.45) is 5.14 Å². The number of hydrogen-bond donors (Lipinski definition) is 2. The van der Waals surface area contributed by atoms with Crippen molar-refractivity contribution in [3.8, 4) is 0 Å². The standard InChI is InChI=1S/C18H18N2O5S/c19-26(23,24)13-7-5-12(6-8-13)9-10-20-17(21)11-16-14-3-1-2-4-15(14)18(22)25-16/h1-8,16H,9-11H2,(H,20,21)(H2,19,23,24)/t16-/m1/s1. The maximum atomic E-state index is 12.1. The summed E-state index contributed by atoms with van der Waals surface area (Å²) in [5.41, 5.74) is 2.10. The number of sulfonamides is 1. The number of nitrogens with two attached hydrogens (primary N) is 1. The monoisotopic (exact) mass is 374 g/mol. The van der Waals surface area contributed by atoms with Gasteiger partial charge in [-0.05, 0) is 30.2 Å². The number of cyclic esters (lactones) is 1. The second-order valence-electron chi connectivity index (χ2n) is 5.97. The van der Waals surface area contributed by atoms with E-state index in [0.717, 1.165) is 11.1 Å². The molecule has 0 fully saturated rings. The molecule has 136 valence electrons. The van der Waals surface area contributed by atoms with E-state index in [1.165, 1.54) is 12.1 Å². The molecule has 0 radical (unpaired) electrons. The van der Waals surface area contributed by atoms with Crippen molar-refractivity contribution >= 4 is 21.9 Å². The largest absolute Gasteiger partial charge is 0.453 e. The van der Waals surface area contributed by atoms with Crippen LogP contribution in [0.25, 0.3) is 0 Å². The van der Waals surface area contributed by atoms with Gasteiger partial charge in [0.15, 0.2) is 0 Å². The first kappa shape index (κ1) is 18.1. The summed E-state index contributed by atoms with van der Waals surface area (Å²) >= 11 is 0. The Hall–Kier alpha value is -2.71. The molecule has 0 saturated heterocycles. The molecule has 1 aliphatic heterocycles. The minimum Gasteiger partial charge on any atom is -0.453 e. The Morgan fingerprint density at radius 1 is 1.12 bits per heavy atom. The summed E-state index contributed by atoms with van der Waals surface area (Å²) in [5.74, 6) is -0.631. The van der Waals surface area contributed by atoms with Crippen molar-refractivity contribution in [3.05, 3.63) is 65.2 Å². The maximum Gasteiger partial charge on any atom is 0.339 e. The van der Waals surface area contributed by atoms with Crippen molar-refractivity contribution in [1.29, 1.82) is 0 Å². The van der Waals surface area contributed by atoms with Crippen LogP contribution >= 0.6 is 0 Å². The topological polar surface area (TPSA) is 116 Å². The molecule has 26 heavy (non-hydrogen) atoms. The van der Waals surface area contributed by atoms with E-state index in [1.807, 2.05) is 0 Å². The molecule has 0 unspecified atom stereocenters. The summed E-state index contributed by atoms with van der Waals surface area (Å²) in [6.45, 7) is 0.385. The maximum absolute atomic E-state index is 12.1. The number of primary sulfonamides is 1. The first-order valence-electron chi connectivity index (χ1n) is 8.03. The van der Waals surface area contributed by atoms with Crippen LogP contribution in [-0.2, 0) is 26.0 Å². The van der Waals surface area contributed by atoms with Crippen LogP contribution in [-0.4, -0.2) is 26.8 Å². The number of hydrogen-bond acceptors (Lipinski definition) is 5. The van der Waals surface area contributed by atoms with E-state index >= 15 is 0 Å². The molecule has 2 aromatic rings. The van der Waals surface area contributed by atoms with E-state index in [2.05, 4.69) is 5.32 Å². The van der Waals surface area contributed by atoms with Crippen molar-refractivity contribution < 1.29 is 22.7 Å². The number of nitrogens with one attached hydrogen (secondary N) is 1. The second kappa shape index (κ2) is 7.27. The van der Waals surface area contributed by atoms with Gasteiger partial charge in [0.25, 0.3) is 0 Å². The Kier molecular flexibility index (Phi) is 5.06. The van der Waals surface area contributed by atoms with E-state index in [9.17, 15) is 18.0 Å². The molecule has 1 aliphatic rings. The Bertz CT molecular complexity index is 938. The van der Waals surface area contributed by atoms with Crippen LogP contribution in [0.15, 0.2) is 53.4 Å². The van der Waals surface area contributed by atoms with Gasteiger partial charge in [-0.25, -0.2) is 18.4 Å². The zero-order valence-electron chi connectivity index (χ0n) is 13.8. The number of ether oxygens (including phenoxy) is 1. The first-order valence-corrected chi connectivity index (χ1v) is 9.57. The third-order valence-corrected chi connectivity index (χ3v) is 5.06. The highest BCUT2D eigenvalue weighted by Crippen LogP contribution is 2.32. The summed E-state index contributed by atoms with van der Waals surface area (Å²) in [7, 11) is -3.71. The van der Waals surface area contributed by atoms with Crippen LogP contribution in [0.1, 0.15) is 34.0 Å². The molecule has 1 heterocycles. The van der Waals surface area contributed by atoms with E-state index in [-0.39, 0.29) is 17.2 Å². The SMILES string of the molecule is NS(=O)(=O)c1ccc(CCNC(=O)C[C@H]2OC(=O)c3ccccc32)cc1. The average Bonchev–Trinajstić information content (AvgIpc) is 2.91. The van der Waals surface area contributed by atoms with Crippen LogP contribution in [0, 0.1) is 0 Å². The zero-order valence-corrected chi connectivity index (χ0v) is 14.7. The van der Waals surface area contributed by atoms with Crippen molar-refractivity contribution in [2.45, 2.75) is 23.8 Å². The van der Waals surface area contributed by atoms with Gasteiger partial charge in [-0.15, -0.1) is 0 Å². The minimum atomic E-state index is -3.71. The molecule has 2 aromatic carbocycles. The second-order valence-corrected chi connectivity index (χ2v) is 7.54. The van der Waals surface area contributed by atoms with Gasteiger partial charge in [0.05, 0.1) is 16.9 Å². The third kappa shape index (κ3) is 4.09.